The van der Waals surface area contributed by atoms with Crippen LogP contribution in [0, 0.1) is 11.3 Å². The van der Waals surface area contributed by atoms with E-state index in [0.29, 0.717) is 12.0 Å². The monoisotopic (exact) mass is 214 g/mol. The lowest BCUT2D eigenvalue weighted by molar-refractivity contribution is -0.0747. The molecule has 0 radical (unpaired) electrons. The van der Waals surface area contributed by atoms with E-state index in [4.69, 9.17) is 4.74 Å². The van der Waals surface area contributed by atoms with Crippen LogP contribution in [0.25, 0.3) is 0 Å². The van der Waals surface area contributed by atoms with Crippen molar-refractivity contribution in [3.63, 3.8) is 0 Å². The highest BCUT2D eigenvalue weighted by atomic mass is 16.5. The fourth-order valence-electron chi connectivity index (χ4n) is 2.64. The van der Waals surface area contributed by atoms with Crippen molar-refractivity contribution in [1.29, 1.82) is 0 Å². The number of hydrogen-bond donors (Lipinski definition) is 1. The molecule has 0 aliphatic heterocycles. The molecule has 90 valence electrons. The Balaban J connectivity index is 2.48. The van der Waals surface area contributed by atoms with Crippen LogP contribution < -0.4 is 0 Å². The van der Waals surface area contributed by atoms with Gasteiger partial charge in [0.25, 0.3) is 0 Å². The number of ether oxygens (including phenoxy) is 1. The maximum atomic E-state index is 10.2. The second-order valence-electron chi connectivity index (χ2n) is 5.77. The zero-order valence-electron chi connectivity index (χ0n) is 10.7. The standard InChI is InChI=1S/C13H26O2/c1-5-12(2,3)11-6-8-13(14,9-7-11)10-15-4/h11,14H,5-10H2,1-4H3. The van der Waals surface area contributed by atoms with Crippen LogP contribution in [0.5, 0.6) is 0 Å². The third kappa shape index (κ3) is 3.18. The summed E-state index contributed by atoms with van der Waals surface area (Å²) in [5.41, 5.74) is -0.122. The Morgan fingerprint density at radius 3 is 2.27 bits per heavy atom. The quantitative estimate of drug-likeness (QED) is 0.779. The van der Waals surface area contributed by atoms with E-state index in [-0.39, 0.29) is 0 Å². The molecule has 0 aromatic heterocycles. The van der Waals surface area contributed by atoms with Crippen LogP contribution >= 0.6 is 0 Å². The van der Waals surface area contributed by atoms with E-state index >= 15 is 0 Å². The molecule has 1 aliphatic carbocycles. The summed E-state index contributed by atoms with van der Waals surface area (Å²) in [5.74, 6) is 0.764. The summed E-state index contributed by atoms with van der Waals surface area (Å²) in [5, 5.41) is 10.2. The van der Waals surface area contributed by atoms with E-state index in [2.05, 4.69) is 20.8 Å². The minimum Gasteiger partial charge on any atom is -0.387 e. The highest BCUT2D eigenvalue weighted by Gasteiger charge is 2.38. The Hall–Kier alpha value is -0.0800. The summed E-state index contributed by atoms with van der Waals surface area (Å²) in [6.45, 7) is 7.44. The topological polar surface area (TPSA) is 29.5 Å². The Morgan fingerprint density at radius 2 is 1.87 bits per heavy atom. The number of rotatable bonds is 4. The lowest BCUT2D eigenvalue weighted by Crippen LogP contribution is -2.41. The molecule has 0 amide bonds. The normalized spacial score (nSPS) is 33.0. The first-order chi connectivity index (χ1) is 6.93. The van der Waals surface area contributed by atoms with Crippen molar-refractivity contribution in [2.24, 2.45) is 11.3 Å². The fraction of sp³-hybridized carbons (Fsp3) is 1.00. The van der Waals surface area contributed by atoms with Crippen molar-refractivity contribution in [3.05, 3.63) is 0 Å². The van der Waals surface area contributed by atoms with E-state index in [0.717, 1.165) is 31.6 Å². The Kier molecular flexibility index (Phi) is 4.19. The molecule has 1 fully saturated rings. The summed E-state index contributed by atoms with van der Waals surface area (Å²) in [7, 11) is 1.67. The third-order valence-electron chi connectivity index (χ3n) is 4.35. The Morgan fingerprint density at radius 1 is 1.33 bits per heavy atom. The van der Waals surface area contributed by atoms with Gasteiger partial charge in [0.15, 0.2) is 0 Å². The van der Waals surface area contributed by atoms with E-state index in [1.165, 1.54) is 6.42 Å². The van der Waals surface area contributed by atoms with Gasteiger partial charge < -0.3 is 9.84 Å². The van der Waals surface area contributed by atoms with Crippen LogP contribution in [-0.2, 0) is 4.74 Å². The van der Waals surface area contributed by atoms with Crippen LogP contribution in [0.4, 0.5) is 0 Å². The molecule has 0 atom stereocenters. The van der Waals surface area contributed by atoms with E-state index in [1.54, 1.807) is 7.11 Å². The van der Waals surface area contributed by atoms with Gasteiger partial charge in [-0.2, -0.15) is 0 Å². The summed E-state index contributed by atoms with van der Waals surface area (Å²) in [6, 6.07) is 0. The predicted molar refractivity (Wildman–Crippen MR) is 62.9 cm³/mol. The van der Waals surface area contributed by atoms with Crippen LogP contribution in [0.15, 0.2) is 0 Å². The molecule has 2 nitrogen and oxygen atoms in total. The zero-order valence-corrected chi connectivity index (χ0v) is 10.7. The molecule has 2 heteroatoms. The third-order valence-corrected chi connectivity index (χ3v) is 4.35. The van der Waals surface area contributed by atoms with Crippen molar-refractivity contribution in [2.45, 2.75) is 58.5 Å². The molecule has 1 saturated carbocycles. The minimum absolute atomic E-state index is 0.425. The van der Waals surface area contributed by atoms with Crippen molar-refractivity contribution in [2.75, 3.05) is 13.7 Å². The van der Waals surface area contributed by atoms with Crippen LogP contribution in [0.1, 0.15) is 52.9 Å². The first-order valence-electron chi connectivity index (χ1n) is 6.15. The zero-order chi connectivity index (χ0) is 11.5. The average Bonchev–Trinajstić information content (AvgIpc) is 2.18. The summed E-state index contributed by atoms with van der Waals surface area (Å²) >= 11 is 0. The molecule has 0 unspecified atom stereocenters. The van der Waals surface area contributed by atoms with Gasteiger partial charge in [-0.25, -0.2) is 0 Å². The van der Waals surface area contributed by atoms with Gasteiger partial charge in [0.05, 0.1) is 12.2 Å². The summed E-state index contributed by atoms with van der Waals surface area (Å²) in [4.78, 5) is 0. The molecule has 1 aliphatic rings. The second-order valence-corrected chi connectivity index (χ2v) is 5.77. The van der Waals surface area contributed by atoms with Gasteiger partial charge in [-0.1, -0.05) is 27.2 Å². The lowest BCUT2D eigenvalue weighted by atomic mass is 9.66. The molecular formula is C13H26O2. The maximum Gasteiger partial charge on any atom is 0.0880 e. The fourth-order valence-corrected chi connectivity index (χ4v) is 2.64. The molecule has 0 bridgehead atoms. The van der Waals surface area contributed by atoms with E-state index < -0.39 is 5.60 Å². The largest absolute Gasteiger partial charge is 0.387 e. The summed E-state index contributed by atoms with van der Waals surface area (Å²) < 4.78 is 5.08. The van der Waals surface area contributed by atoms with Crippen LogP contribution in [0.3, 0.4) is 0 Å². The molecule has 15 heavy (non-hydrogen) atoms. The molecule has 0 aromatic carbocycles. The Labute approximate surface area is 94.0 Å². The minimum atomic E-state index is -0.547. The van der Waals surface area contributed by atoms with Crippen molar-refractivity contribution < 1.29 is 9.84 Å². The van der Waals surface area contributed by atoms with Gasteiger partial charge in [-0.05, 0) is 37.0 Å². The van der Waals surface area contributed by atoms with Gasteiger partial charge in [-0.3, -0.25) is 0 Å². The highest BCUT2D eigenvalue weighted by Crippen LogP contribution is 2.43. The van der Waals surface area contributed by atoms with E-state index in [1.807, 2.05) is 0 Å². The van der Waals surface area contributed by atoms with Crippen molar-refractivity contribution in [1.82, 2.24) is 0 Å². The van der Waals surface area contributed by atoms with Crippen molar-refractivity contribution >= 4 is 0 Å². The molecule has 1 N–H and O–H groups in total. The molecule has 0 heterocycles. The van der Waals surface area contributed by atoms with Crippen molar-refractivity contribution in [3.8, 4) is 0 Å². The van der Waals surface area contributed by atoms with E-state index in [9.17, 15) is 5.11 Å². The SMILES string of the molecule is CCC(C)(C)C1CCC(O)(COC)CC1. The van der Waals surface area contributed by atoms with Crippen LogP contribution in [0.2, 0.25) is 0 Å². The number of aliphatic hydroxyl groups is 1. The first kappa shape index (κ1) is 13.0. The molecule has 0 aromatic rings. The maximum absolute atomic E-state index is 10.2. The Bertz CT molecular complexity index is 191. The van der Waals surface area contributed by atoms with Gasteiger partial charge >= 0.3 is 0 Å². The van der Waals surface area contributed by atoms with Gasteiger partial charge in [-0.15, -0.1) is 0 Å². The second kappa shape index (κ2) is 4.84. The molecule has 0 saturated heterocycles. The number of methoxy groups -OCH3 is 1. The van der Waals surface area contributed by atoms with Gasteiger partial charge in [0, 0.05) is 7.11 Å². The lowest BCUT2D eigenvalue weighted by Gasteiger charge is -2.42. The molecule has 0 spiro atoms. The highest BCUT2D eigenvalue weighted by molar-refractivity contribution is 4.89. The first-order valence-corrected chi connectivity index (χ1v) is 6.15. The molecule has 1 rings (SSSR count). The predicted octanol–water partition coefficient (Wildman–Crippen LogP) is 2.99. The molecular weight excluding hydrogens is 188 g/mol. The van der Waals surface area contributed by atoms with Gasteiger partial charge in [0.2, 0.25) is 0 Å². The van der Waals surface area contributed by atoms with Gasteiger partial charge in [0.1, 0.15) is 0 Å². The van der Waals surface area contributed by atoms with Crippen LogP contribution in [-0.4, -0.2) is 24.4 Å². The average molecular weight is 214 g/mol. The summed E-state index contributed by atoms with van der Waals surface area (Å²) in [6.07, 6.45) is 5.30. The smallest absolute Gasteiger partial charge is 0.0880 e. The number of hydrogen-bond acceptors (Lipinski definition) is 2.